The number of anilines is 4. The molecular weight excluding hydrogens is 480 g/mol. The summed E-state index contributed by atoms with van der Waals surface area (Å²) in [6.45, 7) is 1.51. The fourth-order valence-corrected chi connectivity index (χ4v) is 4.73. The molecule has 3 aromatic rings. The van der Waals surface area contributed by atoms with Gasteiger partial charge in [-0.05, 0) is 50.2 Å². The SMILES string of the molecule is CNS(=O)(=O)c1cccc(Nc2cc(NC3CCN(c4ccc(C#N)cn4)CC3)c(C(N)=O)cn2)c1. The first kappa shape index (κ1) is 24.9. The molecule has 0 atom stereocenters. The predicted molar refractivity (Wildman–Crippen MR) is 137 cm³/mol. The fourth-order valence-electron chi connectivity index (χ4n) is 3.96. The first-order valence-electron chi connectivity index (χ1n) is 11.3. The summed E-state index contributed by atoms with van der Waals surface area (Å²) in [5.41, 5.74) is 7.44. The first-order valence-corrected chi connectivity index (χ1v) is 12.8. The van der Waals surface area contributed by atoms with Crippen LogP contribution in [0.4, 0.5) is 23.0 Å². The molecule has 0 radical (unpaired) electrons. The Morgan fingerprint density at radius 1 is 1.14 bits per heavy atom. The molecule has 1 aromatic carbocycles. The lowest BCUT2D eigenvalue weighted by atomic mass is 10.0. The molecule has 12 heteroatoms. The summed E-state index contributed by atoms with van der Waals surface area (Å²) in [5, 5.41) is 15.5. The number of hydrogen-bond acceptors (Lipinski definition) is 9. The van der Waals surface area contributed by atoms with E-state index in [0.717, 1.165) is 31.7 Å². The van der Waals surface area contributed by atoms with Crippen LogP contribution in [0.5, 0.6) is 0 Å². The van der Waals surface area contributed by atoms with E-state index in [-0.39, 0.29) is 16.5 Å². The van der Waals surface area contributed by atoms with Crippen molar-refractivity contribution in [3.63, 3.8) is 0 Å². The Labute approximate surface area is 209 Å². The lowest BCUT2D eigenvalue weighted by Crippen LogP contribution is -2.39. The van der Waals surface area contributed by atoms with Gasteiger partial charge >= 0.3 is 0 Å². The number of nitrogens with one attached hydrogen (secondary N) is 3. The number of nitriles is 1. The molecule has 1 amide bonds. The van der Waals surface area contributed by atoms with Gasteiger partial charge < -0.3 is 21.3 Å². The Bertz CT molecular complexity index is 1400. The van der Waals surface area contributed by atoms with Gasteiger partial charge in [0.1, 0.15) is 17.7 Å². The van der Waals surface area contributed by atoms with E-state index >= 15 is 0 Å². The zero-order chi connectivity index (χ0) is 25.7. The molecule has 1 saturated heterocycles. The van der Waals surface area contributed by atoms with Crippen molar-refractivity contribution < 1.29 is 13.2 Å². The zero-order valence-corrected chi connectivity index (χ0v) is 20.4. The molecule has 3 heterocycles. The number of sulfonamides is 1. The third-order valence-electron chi connectivity index (χ3n) is 5.91. The minimum absolute atomic E-state index is 0.0945. The Morgan fingerprint density at radius 3 is 2.56 bits per heavy atom. The number of primary amides is 1. The van der Waals surface area contributed by atoms with Crippen LogP contribution in [0.1, 0.15) is 28.8 Å². The number of amides is 1. The summed E-state index contributed by atoms with van der Waals surface area (Å²) >= 11 is 0. The second-order valence-corrected chi connectivity index (χ2v) is 10.1. The van der Waals surface area contributed by atoms with Crippen molar-refractivity contribution in [3.05, 3.63) is 66.0 Å². The van der Waals surface area contributed by atoms with Gasteiger partial charge in [0.2, 0.25) is 10.0 Å². The molecule has 0 saturated carbocycles. The number of nitrogens with two attached hydrogens (primary N) is 1. The van der Waals surface area contributed by atoms with Crippen LogP contribution in [0.25, 0.3) is 0 Å². The van der Waals surface area contributed by atoms with Crippen LogP contribution in [0.3, 0.4) is 0 Å². The molecule has 5 N–H and O–H groups in total. The number of carbonyl (C=O) groups is 1. The van der Waals surface area contributed by atoms with Gasteiger partial charge in [0.25, 0.3) is 5.91 Å². The maximum atomic E-state index is 12.1. The van der Waals surface area contributed by atoms with Gasteiger partial charge in [0.05, 0.1) is 21.7 Å². The number of rotatable bonds is 8. The van der Waals surface area contributed by atoms with Crippen molar-refractivity contribution in [2.45, 2.75) is 23.8 Å². The number of carbonyl (C=O) groups excluding carboxylic acids is 1. The number of benzene rings is 1. The van der Waals surface area contributed by atoms with Gasteiger partial charge in [0, 0.05) is 43.3 Å². The standard InChI is InChI=1S/C24H26N8O3S/c1-27-36(34,35)19-4-2-3-18(11-19)31-22-12-21(20(15-28-22)24(26)33)30-17-7-9-32(10-8-17)23-6-5-16(13-25)14-29-23/h2-6,11-12,14-15,17,27H,7-10H2,1H3,(H2,26,33)(H2,28,30,31). The van der Waals surface area contributed by atoms with Crippen LogP contribution in [-0.2, 0) is 10.0 Å². The summed E-state index contributed by atoms with van der Waals surface area (Å²) < 4.78 is 26.5. The van der Waals surface area contributed by atoms with E-state index in [4.69, 9.17) is 11.0 Å². The van der Waals surface area contributed by atoms with Crippen molar-refractivity contribution in [2.24, 2.45) is 5.73 Å². The summed E-state index contributed by atoms with van der Waals surface area (Å²) in [6.07, 6.45) is 4.56. The number of nitrogens with zero attached hydrogens (tertiary/aromatic N) is 4. The molecule has 11 nitrogen and oxygen atoms in total. The zero-order valence-electron chi connectivity index (χ0n) is 19.6. The molecule has 0 unspecified atom stereocenters. The highest BCUT2D eigenvalue weighted by Gasteiger charge is 2.22. The predicted octanol–water partition coefficient (Wildman–Crippen LogP) is 2.18. The monoisotopic (exact) mass is 506 g/mol. The molecule has 36 heavy (non-hydrogen) atoms. The largest absolute Gasteiger partial charge is 0.381 e. The van der Waals surface area contributed by atoms with Crippen molar-refractivity contribution in [3.8, 4) is 6.07 Å². The number of pyridine rings is 2. The van der Waals surface area contributed by atoms with Gasteiger partial charge in [-0.2, -0.15) is 5.26 Å². The minimum atomic E-state index is -3.59. The molecule has 2 aromatic heterocycles. The minimum Gasteiger partial charge on any atom is -0.381 e. The molecule has 0 bridgehead atoms. The van der Waals surface area contributed by atoms with Gasteiger partial charge in [-0.25, -0.2) is 23.1 Å². The van der Waals surface area contributed by atoms with E-state index in [0.29, 0.717) is 22.8 Å². The molecule has 4 rings (SSSR count). The highest BCUT2D eigenvalue weighted by molar-refractivity contribution is 7.89. The van der Waals surface area contributed by atoms with Crippen LogP contribution in [0, 0.1) is 11.3 Å². The molecule has 186 valence electrons. The molecule has 0 aliphatic carbocycles. The Hall–Kier alpha value is -4.21. The Morgan fingerprint density at radius 2 is 1.92 bits per heavy atom. The van der Waals surface area contributed by atoms with Crippen molar-refractivity contribution >= 4 is 38.9 Å². The van der Waals surface area contributed by atoms with Crippen LogP contribution in [0.2, 0.25) is 0 Å². The lowest BCUT2D eigenvalue weighted by molar-refractivity contribution is 0.100. The van der Waals surface area contributed by atoms with Crippen LogP contribution < -0.4 is 26.0 Å². The maximum Gasteiger partial charge on any atom is 0.252 e. The Balaban J connectivity index is 1.47. The van der Waals surface area contributed by atoms with Crippen LogP contribution in [0.15, 0.2) is 59.8 Å². The van der Waals surface area contributed by atoms with E-state index in [1.807, 2.05) is 6.07 Å². The highest BCUT2D eigenvalue weighted by atomic mass is 32.2. The van der Waals surface area contributed by atoms with Crippen molar-refractivity contribution in [2.75, 3.05) is 35.7 Å². The highest BCUT2D eigenvalue weighted by Crippen LogP contribution is 2.26. The van der Waals surface area contributed by atoms with Crippen LogP contribution in [-0.4, -0.2) is 50.5 Å². The summed E-state index contributed by atoms with van der Waals surface area (Å²) in [6, 6.07) is 13.8. The van der Waals surface area contributed by atoms with E-state index in [1.165, 1.54) is 25.4 Å². The van der Waals surface area contributed by atoms with Gasteiger partial charge in [0.15, 0.2) is 0 Å². The third-order valence-corrected chi connectivity index (χ3v) is 7.32. The normalized spacial score (nSPS) is 14.2. The van der Waals surface area contributed by atoms with Gasteiger partial charge in [-0.1, -0.05) is 6.07 Å². The van der Waals surface area contributed by atoms with E-state index in [2.05, 4.69) is 36.3 Å². The fraction of sp³-hybridized carbons (Fsp3) is 0.250. The van der Waals surface area contributed by atoms with Gasteiger partial charge in [-0.15, -0.1) is 0 Å². The number of piperidine rings is 1. The molecule has 1 fully saturated rings. The average Bonchev–Trinajstić information content (AvgIpc) is 2.89. The maximum absolute atomic E-state index is 12.1. The van der Waals surface area contributed by atoms with Crippen LogP contribution >= 0.6 is 0 Å². The van der Waals surface area contributed by atoms with E-state index in [1.54, 1.807) is 30.5 Å². The lowest BCUT2D eigenvalue weighted by Gasteiger charge is -2.34. The number of aromatic nitrogens is 2. The smallest absolute Gasteiger partial charge is 0.252 e. The van der Waals surface area contributed by atoms with E-state index in [9.17, 15) is 13.2 Å². The summed E-state index contributed by atoms with van der Waals surface area (Å²) in [5.74, 6) is 0.654. The molecular formula is C24H26N8O3S. The van der Waals surface area contributed by atoms with Crippen molar-refractivity contribution in [1.82, 2.24) is 14.7 Å². The molecule has 0 spiro atoms. The topological polar surface area (TPSA) is 166 Å². The summed E-state index contributed by atoms with van der Waals surface area (Å²) in [7, 11) is -2.24. The second-order valence-electron chi connectivity index (χ2n) is 8.26. The first-order chi connectivity index (χ1) is 17.3. The van der Waals surface area contributed by atoms with E-state index < -0.39 is 15.9 Å². The van der Waals surface area contributed by atoms with Crippen molar-refractivity contribution in [1.29, 1.82) is 5.26 Å². The third kappa shape index (κ3) is 5.70. The van der Waals surface area contributed by atoms with Gasteiger partial charge in [-0.3, -0.25) is 4.79 Å². The quantitative estimate of drug-likeness (QED) is 0.358. The molecule has 1 aliphatic rings. The number of hydrogen-bond donors (Lipinski definition) is 4. The average molecular weight is 507 g/mol. The molecule has 1 aliphatic heterocycles. The second kappa shape index (κ2) is 10.6. The Kier molecular flexibility index (Phi) is 7.33. The summed E-state index contributed by atoms with van der Waals surface area (Å²) in [4.78, 5) is 22.9.